The number of hydrogen-bond acceptors (Lipinski definition) is 3. The molecule has 0 unspecified atom stereocenters. The molecule has 2 heterocycles. The third-order valence-corrected chi connectivity index (χ3v) is 1.40. The van der Waals surface area contributed by atoms with Crippen molar-refractivity contribution in [3.05, 3.63) is 17.0 Å². The average Bonchev–Trinajstić information content (AvgIpc) is 2.33. The highest BCUT2D eigenvalue weighted by Crippen LogP contribution is 2.01. The first-order valence-electron chi connectivity index (χ1n) is 2.75. The monoisotopic (exact) mass is 152 g/mol. The van der Waals surface area contributed by atoms with Crippen molar-refractivity contribution in [1.29, 1.82) is 0 Å². The largest absolute Gasteiger partial charge is 0.343 e. The summed E-state index contributed by atoms with van der Waals surface area (Å²) in [5.74, 6) is 0. The van der Waals surface area contributed by atoms with Gasteiger partial charge in [-0.15, -0.1) is 0 Å². The van der Waals surface area contributed by atoms with E-state index in [2.05, 4.69) is 20.2 Å². The van der Waals surface area contributed by atoms with E-state index >= 15 is 0 Å². The minimum atomic E-state index is 0.608. The van der Waals surface area contributed by atoms with Gasteiger partial charge in [-0.1, -0.05) is 12.2 Å². The van der Waals surface area contributed by atoms with Gasteiger partial charge in [0.05, 0.1) is 11.8 Å². The zero-order chi connectivity index (χ0) is 6.97. The minimum Gasteiger partial charge on any atom is -0.343 e. The molecule has 2 aromatic rings. The van der Waals surface area contributed by atoms with Crippen molar-refractivity contribution < 1.29 is 0 Å². The highest BCUT2D eigenvalue weighted by atomic mass is 32.1. The predicted molar refractivity (Wildman–Crippen MR) is 39.1 cm³/mol. The normalized spacial score (nSPS) is 10.4. The van der Waals surface area contributed by atoms with Crippen molar-refractivity contribution in [2.24, 2.45) is 0 Å². The molecule has 0 aromatic carbocycles. The van der Waals surface area contributed by atoms with Gasteiger partial charge in [0.2, 0.25) is 0 Å². The Hall–Kier alpha value is -1.23. The van der Waals surface area contributed by atoms with E-state index in [0.29, 0.717) is 10.3 Å². The number of nitrogens with zero attached hydrogens (tertiary/aromatic N) is 2. The predicted octanol–water partition coefficient (Wildman–Crippen LogP) is 1.02. The fraction of sp³-hybridized carbons (Fsp3) is 0. The Morgan fingerprint density at radius 3 is 3.30 bits per heavy atom. The Labute approximate surface area is 61.3 Å². The summed E-state index contributed by atoms with van der Waals surface area (Å²) in [6.07, 6.45) is 1.58. The van der Waals surface area contributed by atoms with Gasteiger partial charge in [0.1, 0.15) is 4.64 Å². The number of imidazole rings is 1. The molecule has 0 bridgehead atoms. The van der Waals surface area contributed by atoms with Gasteiger partial charge < -0.3 is 4.98 Å². The zero-order valence-corrected chi connectivity index (χ0v) is 5.77. The van der Waals surface area contributed by atoms with Crippen LogP contribution in [0, 0.1) is 4.64 Å². The molecule has 0 atom stereocenters. The fourth-order valence-corrected chi connectivity index (χ4v) is 0.927. The van der Waals surface area contributed by atoms with Crippen LogP contribution in [-0.4, -0.2) is 20.2 Å². The maximum Gasteiger partial charge on any atom is 0.197 e. The molecule has 5 heteroatoms. The summed E-state index contributed by atoms with van der Waals surface area (Å²) in [4.78, 5) is 6.82. The maximum atomic E-state index is 4.84. The minimum absolute atomic E-state index is 0.608. The summed E-state index contributed by atoms with van der Waals surface area (Å²) in [5, 5.41) is 6.51. The summed E-state index contributed by atoms with van der Waals surface area (Å²) in [6, 6.07) is 1.78. The number of aromatic amines is 2. The van der Waals surface area contributed by atoms with E-state index in [-0.39, 0.29) is 0 Å². The summed E-state index contributed by atoms with van der Waals surface area (Å²) >= 11 is 4.84. The van der Waals surface area contributed by atoms with E-state index in [0.717, 1.165) is 5.52 Å². The van der Waals surface area contributed by atoms with E-state index < -0.39 is 0 Å². The second-order valence-electron chi connectivity index (χ2n) is 1.87. The lowest BCUT2D eigenvalue weighted by Crippen LogP contribution is -1.81. The van der Waals surface area contributed by atoms with Crippen LogP contribution in [0.4, 0.5) is 0 Å². The molecule has 0 aliphatic heterocycles. The first kappa shape index (κ1) is 5.55. The van der Waals surface area contributed by atoms with E-state index in [4.69, 9.17) is 12.2 Å². The Morgan fingerprint density at radius 1 is 1.50 bits per heavy atom. The van der Waals surface area contributed by atoms with E-state index in [9.17, 15) is 0 Å². The third kappa shape index (κ3) is 0.714. The van der Waals surface area contributed by atoms with E-state index in [1.165, 1.54) is 0 Å². The first-order valence-corrected chi connectivity index (χ1v) is 3.16. The van der Waals surface area contributed by atoms with Crippen molar-refractivity contribution in [2.75, 3.05) is 0 Å². The molecular weight excluding hydrogens is 148 g/mol. The molecule has 0 amide bonds. The number of rotatable bonds is 0. The molecule has 2 rings (SSSR count). The molecule has 2 aromatic heterocycles. The van der Waals surface area contributed by atoms with Crippen molar-refractivity contribution in [2.45, 2.75) is 0 Å². The molecule has 10 heavy (non-hydrogen) atoms. The summed E-state index contributed by atoms with van der Waals surface area (Å²) in [6.45, 7) is 0. The average molecular weight is 152 g/mol. The van der Waals surface area contributed by atoms with Gasteiger partial charge in [0.25, 0.3) is 0 Å². The number of H-pyrrole nitrogens is 2. The molecule has 0 spiro atoms. The van der Waals surface area contributed by atoms with Crippen LogP contribution in [0.3, 0.4) is 0 Å². The lowest BCUT2D eigenvalue weighted by Gasteiger charge is -1.83. The van der Waals surface area contributed by atoms with Gasteiger partial charge in [-0.05, 0) is 0 Å². The van der Waals surface area contributed by atoms with Gasteiger partial charge in [-0.3, -0.25) is 5.10 Å². The van der Waals surface area contributed by atoms with Crippen LogP contribution in [0.5, 0.6) is 0 Å². The fourth-order valence-electron chi connectivity index (χ4n) is 0.764. The molecule has 2 N–H and O–H groups in total. The number of aromatic nitrogens is 4. The van der Waals surface area contributed by atoms with Crippen LogP contribution >= 0.6 is 12.2 Å². The lowest BCUT2D eigenvalue weighted by molar-refractivity contribution is 1.04. The Kier molecular flexibility index (Phi) is 1.04. The maximum absolute atomic E-state index is 4.84. The van der Waals surface area contributed by atoms with Crippen LogP contribution in [-0.2, 0) is 0 Å². The van der Waals surface area contributed by atoms with Gasteiger partial charge in [-0.25, -0.2) is 4.98 Å². The van der Waals surface area contributed by atoms with Crippen molar-refractivity contribution in [3.63, 3.8) is 0 Å². The summed E-state index contributed by atoms with van der Waals surface area (Å²) < 4.78 is 0.608. The molecule has 0 fully saturated rings. The quantitative estimate of drug-likeness (QED) is 0.554. The lowest BCUT2D eigenvalue weighted by atomic mass is 10.5. The molecular formula is C5H4N4S. The Bertz CT molecular complexity index is 401. The highest BCUT2D eigenvalue weighted by molar-refractivity contribution is 7.71. The summed E-state index contributed by atoms with van der Waals surface area (Å²) in [5.41, 5.74) is 1.53. The topological polar surface area (TPSA) is 57.4 Å². The second kappa shape index (κ2) is 1.88. The molecule has 0 aliphatic carbocycles. The highest BCUT2D eigenvalue weighted by Gasteiger charge is 1.92. The zero-order valence-electron chi connectivity index (χ0n) is 4.96. The van der Waals surface area contributed by atoms with E-state index in [1.54, 1.807) is 12.4 Å². The molecule has 0 aliphatic rings. The molecule has 50 valence electrons. The van der Waals surface area contributed by atoms with Crippen LogP contribution in [0.2, 0.25) is 0 Å². The van der Waals surface area contributed by atoms with Crippen molar-refractivity contribution in [1.82, 2.24) is 20.2 Å². The van der Waals surface area contributed by atoms with Crippen LogP contribution < -0.4 is 0 Å². The molecule has 4 nitrogen and oxygen atoms in total. The Morgan fingerprint density at radius 2 is 2.40 bits per heavy atom. The Balaban J connectivity index is 2.99. The standard InChI is InChI=1S/C5H4N4S/c10-4-1-3-5(9-8-4)7-2-6-3/h1-2H,(H,8,10)(H,6,7,9). The van der Waals surface area contributed by atoms with Gasteiger partial charge >= 0.3 is 0 Å². The second-order valence-corrected chi connectivity index (χ2v) is 2.31. The van der Waals surface area contributed by atoms with Crippen molar-refractivity contribution >= 4 is 23.4 Å². The van der Waals surface area contributed by atoms with Crippen LogP contribution in [0.15, 0.2) is 12.4 Å². The van der Waals surface area contributed by atoms with Crippen molar-refractivity contribution in [3.8, 4) is 0 Å². The third-order valence-electron chi connectivity index (χ3n) is 1.20. The molecule has 0 radical (unpaired) electrons. The van der Waals surface area contributed by atoms with Crippen LogP contribution in [0.1, 0.15) is 0 Å². The molecule has 0 saturated carbocycles. The van der Waals surface area contributed by atoms with Gasteiger partial charge in [0.15, 0.2) is 5.65 Å². The first-order chi connectivity index (χ1) is 4.86. The number of nitrogens with one attached hydrogen (secondary N) is 2. The van der Waals surface area contributed by atoms with Gasteiger partial charge in [0, 0.05) is 6.07 Å². The molecule has 0 saturated heterocycles. The van der Waals surface area contributed by atoms with E-state index in [1.807, 2.05) is 0 Å². The van der Waals surface area contributed by atoms with Gasteiger partial charge in [-0.2, -0.15) is 5.10 Å². The smallest absolute Gasteiger partial charge is 0.197 e. The SMILES string of the molecule is S=c1cc2[nH]cnc2n[nH]1. The number of hydrogen-bond donors (Lipinski definition) is 2. The number of fused-ring (bicyclic) bond motifs is 1. The van der Waals surface area contributed by atoms with Crippen LogP contribution in [0.25, 0.3) is 11.2 Å². The summed E-state index contributed by atoms with van der Waals surface area (Å²) in [7, 11) is 0.